The molecule has 1 aromatic carbocycles. The summed E-state index contributed by atoms with van der Waals surface area (Å²) in [4.78, 5) is 6.91. The maximum Gasteiger partial charge on any atom is 0.124 e. The van der Waals surface area contributed by atoms with Crippen LogP contribution in [0.4, 0.5) is 10.1 Å². The molecule has 4 rings (SSSR count). The molecule has 24 heavy (non-hydrogen) atoms. The van der Waals surface area contributed by atoms with Crippen molar-refractivity contribution in [2.75, 3.05) is 18.0 Å². The van der Waals surface area contributed by atoms with Gasteiger partial charge in [0.25, 0.3) is 0 Å². The Morgan fingerprint density at radius 3 is 2.96 bits per heavy atom. The molecule has 2 aromatic heterocycles. The molecule has 1 saturated heterocycles. The lowest BCUT2D eigenvalue weighted by atomic mass is 10.0. The molecule has 124 valence electrons. The van der Waals surface area contributed by atoms with Gasteiger partial charge in [-0.15, -0.1) is 0 Å². The largest absolute Gasteiger partial charge is 0.371 e. The summed E-state index contributed by atoms with van der Waals surface area (Å²) in [7, 11) is 1.95. The van der Waals surface area contributed by atoms with Gasteiger partial charge < -0.3 is 4.90 Å². The maximum atomic E-state index is 13.7. The van der Waals surface area contributed by atoms with Crippen LogP contribution in [-0.4, -0.2) is 27.9 Å². The van der Waals surface area contributed by atoms with E-state index in [4.69, 9.17) is 0 Å². The Kier molecular flexibility index (Phi) is 3.71. The van der Waals surface area contributed by atoms with Gasteiger partial charge in [-0.05, 0) is 55.5 Å². The molecule has 1 unspecified atom stereocenters. The zero-order chi connectivity index (χ0) is 16.7. The van der Waals surface area contributed by atoms with Crippen LogP contribution in [0.3, 0.4) is 0 Å². The fourth-order valence-corrected chi connectivity index (χ4v) is 3.70. The second kappa shape index (κ2) is 5.89. The van der Waals surface area contributed by atoms with Gasteiger partial charge in [0.2, 0.25) is 0 Å². The molecule has 0 spiro atoms. The fraction of sp³-hybridized carbons (Fsp3) is 0.368. The molecule has 0 saturated carbocycles. The van der Waals surface area contributed by atoms with Crippen LogP contribution >= 0.6 is 0 Å². The van der Waals surface area contributed by atoms with Crippen LogP contribution in [0.1, 0.15) is 17.7 Å². The third-order valence-electron chi connectivity index (χ3n) is 4.79. The van der Waals surface area contributed by atoms with Gasteiger partial charge in [0.05, 0.1) is 11.7 Å². The number of hydrogen-bond donors (Lipinski definition) is 0. The lowest BCUT2D eigenvalue weighted by Crippen LogP contribution is -2.20. The molecular formula is C19H21FN4. The number of rotatable bonds is 3. The van der Waals surface area contributed by atoms with Gasteiger partial charge >= 0.3 is 0 Å². The first-order valence-electron chi connectivity index (χ1n) is 8.38. The lowest BCUT2D eigenvalue weighted by Gasteiger charge is -2.21. The zero-order valence-electron chi connectivity index (χ0n) is 14.0. The van der Waals surface area contributed by atoms with Crippen LogP contribution in [0.2, 0.25) is 0 Å². The molecule has 1 fully saturated rings. The predicted molar refractivity (Wildman–Crippen MR) is 93.7 cm³/mol. The van der Waals surface area contributed by atoms with E-state index in [0.29, 0.717) is 5.92 Å². The predicted octanol–water partition coefficient (Wildman–Crippen LogP) is 3.48. The Morgan fingerprint density at radius 2 is 2.17 bits per heavy atom. The van der Waals surface area contributed by atoms with E-state index in [2.05, 4.69) is 27.2 Å². The average molecular weight is 324 g/mol. The van der Waals surface area contributed by atoms with E-state index in [1.54, 1.807) is 12.1 Å². The number of nitrogens with zero attached hydrogens (tertiary/aromatic N) is 4. The van der Waals surface area contributed by atoms with Gasteiger partial charge in [0.15, 0.2) is 0 Å². The van der Waals surface area contributed by atoms with Gasteiger partial charge in [-0.1, -0.05) is 0 Å². The standard InChI is InChI=1S/C19H21FN4/c1-13-7-19(17-9-16(20)3-4-18(17)22-13)24-6-5-14(12-24)8-15-10-21-23(2)11-15/h3-4,7,9-11,14H,5-6,8,12H2,1-2H3. The van der Waals surface area contributed by atoms with Crippen LogP contribution in [0.5, 0.6) is 0 Å². The topological polar surface area (TPSA) is 34.0 Å². The Hall–Kier alpha value is -2.43. The molecule has 0 radical (unpaired) electrons. The minimum absolute atomic E-state index is 0.208. The van der Waals surface area contributed by atoms with Crippen molar-refractivity contribution >= 4 is 16.6 Å². The van der Waals surface area contributed by atoms with Gasteiger partial charge in [-0.3, -0.25) is 9.67 Å². The van der Waals surface area contributed by atoms with Crippen molar-refractivity contribution in [3.8, 4) is 0 Å². The molecular weight excluding hydrogens is 303 g/mol. The highest BCUT2D eigenvalue weighted by Crippen LogP contribution is 2.32. The van der Waals surface area contributed by atoms with Crippen molar-refractivity contribution in [2.24, 2.45) is 13.0 Å². The Labute approximate surface area is 140 Å². The van der Waals surface area contributed by atoms with E-state index in [1.165, 1.54) is 11.6 Å². The zero-order valence-corrected chi connectivity index (χ0v) is 14.0. The van der Waals surface area contributed by atoms with Crippen LogP contribution in [-0.2, 0) is 13.5 Å². The summed E-state index contributed by atoms with van der Waals surface area (Å²) in [5.74, 6) is 0.395. The summed E-state index contributed by atoms with van der Waals surface area (Å²) in [5, 5.41) is 5.16. The van der Waals surface area contributed by atoms with Gasteiger partial charge in [0, 0.05) is 43.1 Å². The van der Waals surface area contributed by atoms with Crippen molar-refractivity contribution in [1.82, 2.24) is 14.8 Å². The minimum Gasteiger partial charge on any atom is -0.371 e. The van der Waals surface area contributed by atoms with Gasteiger partial charge in [0.1, 0.15) is 5.82 Å². The second-order valence-corrected chi connectivity index (χ2v) is 6.77. The second-order valence-electron chi connectivity index (χ2n) is 6.77. The molecule has 3 heterocycles. The smallest absolute Gasteiger partial charge is 0.124 e. The summed E-state index contributed by atoms with van der Waals surface area (Å²) in [6.45, 7) is 3.99. The number of aryl methyl sites for hydroxylation is 2. The van der Waals surface area contributed by atoms with E-state index in [9.17, 15) is 4.39 Å². The van der Waals surface area contributed by atoms with Crippen LogP contribution in [0, 0.1) is 18.7 Å². The first-order chi connectivity index (χ1) is 11.6. The summed E-state index contributed by atoms with van der Waals surface area (Å²) < 4.78 is 15.6. The maximum absolute atomic E-state index is 13.7. The van der Waals surface area contributed by atoms with Crippen LogP contribution < -0.4 is 4.90 Å². The monoisotopic (exact) mass is 324 g/mol. The lowest BCUT2D eigenvalue weighted by molar-refractivity contribution is 0.586. The first kappa shape index (κ1) is 15.1. The molecule has 0 N–H and O–H groups in total. The molecule has 0 aliphatic carbocycles. The average Bonchev–Trinajstić information content (AvgIpc) is 3.16. The van der Waals surface area contributed by atoms with Crippen molar-refractivity contribution in [3.63, 3.8) is 0 Å². The third-order valence-corrected chi connectivity index (χ3v) is 4.79. The Balaban J connectivity index is 1.60. The third kappa shape index (κ3) is 2.86. The van der Waals surface area contributed by atoms with E-state index in [1.807, 2.05) is 24.9 Å². The molecule has 0 amide bonds. The SMILES string of the molecule is Cc1cc(N2CCC(Cc3cnn(C)c3)C2)c2cc(F)ccc2n1. The van der Waals surface area contributed by atoms with Crippen molar-refractivity contribution in [2.45, 2.75) is 19.8 Å². The fourth-order valence-electron chi connectivity index (χ4n) is 3.70. The van der Waals surface area contributed by atoms with E-state index in [-0.39, 0.29) is 5.82 Å². The highest BCUT2D eigenvalue weighted by Gasteiger charge is 2.25. The van der Waals surface area contributed by atoms with E-state index in [0.717, 1.165) is 48.2 Å². The molecule has 1 atom stereocenters. The summed E-state index contributed by atoms with van der Waals surface area (Å²) in [5.41, 5.74) is 4.22. The first-order valence-corrected chi connectivity index (χ1v) is 8.38. The molecule has 0 bridgehead atoms. The highest BCUT2D eigenvalue weighted by atomic mass is 19.1. The molecule has 3 aromatic rings. The summed E-state index contributed by atoms with van der Waals surface area (Å²) in [6.07, 6.45) is 6.22. The normalized spacial score (nSPS) is 17.8. The van der Waals surface area contributed by atoms with Crippen molar-refractivity contribution < 1.29 is 4.39 Å². The summed E-state index contributed by atoms with van der Waals surface area (Å²) >= 11 is 0. The molecule has 5 heteroatoms. The molecule has 4 nitrogen and oxygen atoms in total. The number of hydrogen-bond acceptors (Lipinski definition) is 3. The van der Waals surface area contributed by atoms with E-state index < -0.39 is 0 Å². The van der Waals surface area contributed by atoms with Crippen LogP contribution in [0.25, 0.3) is 10.9 Å². The van der Waals surface area contributed by atoms with Crippen molar-refractivity contribution in [3.05, 3.63) is 53.7 Å². The number of fused-ring (bicyclic) bond motifs is 1. The van der Waals surface area contributed by atoms with Crippen LogP contribution in [0.15, 0.2) is 36.7 Å². The van der Waals surface area contributed by atoms with Crippen molar-refractivity contribution in [1.29, 1.82) is 0 Å². The van der Waals surface area contributed by atoms with E-state index >= 15 is 0 Å². The Morgan fingerprint density at radius 1 is 1.29 bits per heavy atom. The number of anilines is 1. The summed E-state index contributed by atoms with van der Waals surface area (Å²) in [6, 6.07) is 6.93. The molecule has 1 aliphatic rings. The van der Waals surface area contributed by atoms with Gasteiger partial charge in [-0.25, -0.2) is 4.39 Å². The molecule has 1 aliphatic heterocycles. The minimum atomic E-state index is -0.208. The number of benzene rings is 1. The highest BCUT2D eigenvalue weighted by molar-refractivity contribution is 5.92. The quantitative estimate of drug-likeness (QED) is 0.739. The van der Waals surface area contributed by atoms with Gasteiger partial charge in [-0.2, -0.15) is 5.10 Å². The Bertz CT molecular complexity index is 886. The number of halogens is 1. The number of aromatic nitrogens is 3. The number of pyridine rings is 1.